The molecule has 0 aromatic rings. The molecule has 1 rings (SSSR count). The van der Waals surface area contributed by atoms with Crippen molar-refractivity contribution in [2.75, 3.05) is 13.1 Å². The molecule has 122 valence electrons. The van der Waals surface area contributed by atoms with Gasteiger partial charge in [-0.2, -0.15) is 0 Å². The molecule has 5 nitrogen and oxygen atoms in total. The van der Waals surface area contributed by atoms with Crippen LogP contribution >= 0.6 is 0 Å². The lowest BCUT2D eigenvalue weighted by Gasteiger charge is -2.32. The summed E-state index contributed by atoms with van der Waals surface area (Å²) in [6.07, 6.45) is 3.82. The number of hydrogen-bond donors (Lipinski definition) is 2. The number of rotatable bonds is 8. The summed E-state index contributed by atoms with van der Waals surface area (Å²) in [6.45, 7) is 9.22. The average molecular weight is 297 g/mol. The first kappa shape index (κ1) is 18.0. The highest BCUT2D eigenvalue weighted by atomic mass is 16.2. The van der Waals surface area contributed by atoms with Crippen molar-refractivity contribution in [2.24, 2.45) is 11.7 Å². The fourth-order valence-corrected chi connectivity index (χ4v) is 3.12. The summed E-state index contributed by atoms with van der Waals surface area (Å²) in [4.78, 5) is 26.5. The number of likely N-dealkylation sites (tertiary alicyclic amines) is 1. The Morgan fingerprint density at radius 1 is 1.33 bits per heavy atom. The molecule has 0 aliphatic carbocycles. The minimum Gasteiger partial charge on any atom is -0.349 e. The van der Waals surface area contributed by atoms with Crippen LogP contribution < -0.4 is 11.1 Å². The summed E-state index contributed by atoms with van der Waals surface area (Å²) in [6, 6.07) is 0.256. The minimum atomic E-state index is -0.331. The lowest BCUT2D eigenvalue weighted by atomic mass is 9.91. The number of carbonyl (C=O) groups is 2. The normalized spacial score (nSPS) is 19.4. The molecule has 1 heterocycles. The molecule has 0 aromatic heterocycles. The number of nitrogens with one attached hydrogen (secondary N) is 1. The van der Waals surface area contributed by atoms with Gasteiger partial charge in [-0.1, -0.05) is 27.7 Å². The van der Waals surface area contributed by atoms with Crippen LogP contribution in [0.2, 0.25) is 0 Å². The predicted octanol–water partition coefficient (Wildman–Crippen LogP) is 1.66. The zero-order chi connectivity index (χ0) is 16.0. The van der Waals surface area contributed by atoms with Crippen LogP contribution in [0.25, 0.3) is 0 Å². The van der Waals surface area contributed by atoms with Crippen LogP contribution in [-0.2, 0) is 9.59 Å². The fraction of sp³-hybridized carbons (Fsp3) is 0.875. The van der Waals surface area contributed by atoms with Gasteiger partial charge in [0.15, 0.2) is 0 Å². The van der Waals surface area contributed by atoms with Gasteiger partial charge in [-0.25, -0.2) is 0 Å². The monoisotopic (exact) mass is 297 g/mol. The minimum absolute atomic E-state index is 0.0223. The van der Waals surface area contributed by atoms with Crippen molar-refractivity contribution in [1.82, 2.24) is 10.2 Å². The van der Waals surface area contributed by atoms with E-state index in [0.717, 1.165) is 25.7 Å². The van der Waals surface area contributed by atoms with E-state index in [4.69, 9.17) is 5.73 Å². The predicted molar refractivity (Wildman–Crippen MR) is 84.7 cm³/mol. The van der Waals surface area contributed by atoms with E-state index in [2.05, 4.69) is 19.2 Å². The highest BCUT2D eigenvalue weighted by molar-refractivity contribution is 5.89. The summed E-state index contributed by atoms with van der Waals surface area (Å²) in [5.41, 5.74) is 5.50. The lowest BCUT2D eigenvalue weighted by Crippen LogP contribution is -2.54. The van der Waals surface area contributed by atoms with Gasteiger partial charge in [0.05, 0.1) is 11.5 Å². The number of carbonyl (C=O) groups excluding carboxylic acids is 2. The van der Waals surface area contributed by atoms with Crippen molar-refractivity contribution in [3.05, 3.63) is 0 Å². The topological polar surface area (TPSA) is 75.4 Å². The second-order valence-corrected chi connectivity index (χ2v) is 6.10. The second-order valence-electron chi connectivity index (χ2n) is 6.10. The van der Waals surface area contributed by atoms with Crippen LogP contribution in [0.4, 0.5) is 0 Å². The van der Waals surface area contributed by atoms with Crippen molar-refractivity contribution in [2.45, 2.75) is 71.4 Å². The summed E-state index contributed by atoms with van der Waals surface area (Å²) < 4.78 is 0. The van der Waals surface area contributed by atoms with E-state index in [-0.39, 0.29) is 29.3 Å². The third kappa shape index (κ3) is 3.96. The van der Waals surface area contributed by atoms with E-state index in [1.54, 1.807) is 0 Å². The van der Waals surface area contributed by atoms with Gasteiger partial charge in [-0.05, 0) is 25.7 Å². The Labute approximate surface area is 128 Å². The maximum absolute atomic E-state index is 12.5. The van der Waals surface area contributed by atoms with Gasteiger partial charge in [0.1, 0.15) is 0 Å². The molecule has 3 N–H and O–H groups in total. The quantitative estimate of drug-likeness (QED) is 0.715. The maximum Gasteiger partial charge on any atom is 0.225 e. The molecule has 0 saturated carbocycles. The van der Waals surface area contributed by atoms with E-state index in [9.17, 15) is 9.59 Å². The van der Waals surface area contributed by atoms with Crippen molar-refractivity contribution < 1.29 is 9.59 Å². The zero-order valence-corrected chi connectivity index (χ0v) is 13.9. The molecule has 1 aliphatic heterocycles. The van der Waals surface area contributed by atoms with Gasteiger partial charge >= 0.3 is 0 Å². The van der Waals surface area contributed by atoms with Gasteiger partial charge in [0.25, 0.3) is 0 Å². The van der Waals surface area contributed by atoms with E-state index in [1.165, 1.54) is 0 Å². The molecule has 21 heavy (non-hydrogen) atoms. The van der Waals surface area contributed by atoms with Crippen LogP contribution in [-0.4, -0.2) is 41.4 Å². The molecule has 1 saturated heterocycles. The van der Waals surface area contributed by atoms with Gasteiger partial charge in [0.2, 0.25) is 11.8 Å². The summed E-state index contributed by atoms with van der Waals surface area (Å²) >= 11 is 0. The molecule has 1 atom stereocenters. The van der Waals surface area contributed by atoms with E-state index in [1.807, 2.05) is 18.7 Å². The SMILES string of the molecule is CCC(CC)N1CC(C(=O)NC(CC)(CC)CN)CC1=O. The first-order chi connectivity index (χ1) is 9.96. The fourth-order valence-electron chi connectivity index (χ4n) is 3.12. The highest BCUT2D eigenvalue weighted by Crippen LogP contribution is 2.24. The molecule has 0 radical (unpaired) electrons. The van der Waals surface area contributed by atoms with Crippen LogP contribution in [0.15, 0.2) is 0 Å². The first-order valence-corrected chi connectivity index (χ1v) is 8.28. The van der Waals surface area contributed by atoms with Crippen molar-refractivity contribution in [3.63, 3.8) is 0 Å². The van der Waals surface area contributed by atoms with Crippen molar-refractivity contribution in [3.8, 4) is 0 Å². The summed E-state index contributed by atoms with van der Waals surface area (Å²) in [7, 11) is 0. The first-order valence-electron chi connectivity index (χ1n) is 8.28. The lowest BCUT2D eigenvalue weighted by molar-refractivity contribution is -0.130. The Hall–Kier alpha value is -1.10. The zero-order valence-electron chi connectivity index (χ0n) is 13.9. The number of nitrogens with two attached hydrogens (primary N) is 1. The molecule has 2 amide bonds. The summed E-state index contributed by atoms with van der Waals surface area (Å²) in [5, 5.41) is 3.09. The second kappa shape index (κ2) is 7.78. The molecule has 1 aliphatic rings. The van der Waals surface area contributed by atoms with Crippen LogP contribution in [0.3, 0.4) is 0 Å². The van der Waals surface area contributed by atoms with Gasteiger partial charge < -0.3 is 16.0 Å². The smallest absolute Gasteiger partial charge is 0.225 e. The molecule has 5 heteroatoms. The molecule has 0 spiro atoms. The van der Waals surface area contributed by atoms with Crippen LogP contribution in [0, 0.1) is 5.92 Å². The highest BCUT2D eigenvalue weighted by Gasteiger charge is 2.39. The number of hydrogen-bond acceptors (Lipinski definition) is 3. The van der Waals surface area contributed by atoms with E-state index >= 15 is 0 Å². The van der Waals surface area contributed by atoms with Gasteiger partial charge in [0, 0.05) is 25.6 Å². The Morgan fingerprint density at radius 3 is 2.33 bits per heavy atom. The summed E-state index contributed by atoms with van der Waals surface area (Å²) in [5.74, 6) is -0.150. The van der Waals surface area contributed by atoms with Crippen LogP contribution in [0.1, 0.15) is 59.8 Å². The Balaban J connectivity index is 2.71. The maximum atomic E-state index is 12.5. The Morgan fingerprint density at radius 2 is 1.90 bits per heavy atom. The van der Waals surface area contributed by atoms with Gasteiger partial charge in [-0.15, -0.1) is 0 Å². The third-order valence-electron chi connectivity index (χ3n) is 5.05. The van der Waals surface area contributed by atoms with Gasteiger partial charge in [-0.3, -0.25) is 9.59 Å². The largest absolute Gasteiger partial charge is 0.349 e. The molecular formula is C16H31N3O2. The molecule has 1 unspecified atom stereocenters. The van der Waals surface area contributed by atoms with Crippen LogP contribution in [0.5, 0.6) is 0 Å². The van der Waals surface area contributed by atoms with Crippen molar-refractivity contribution >= 4 is 11.8 Å². The molecule has 0 bridgehead atoms. The molecule has 1 fully saturated rings. The number of nitrogens with zero attached hydrogens (tertiary/aromatic N) is 1. The Kier molecular flexibility index (Phi) is 6.65. The van der Waals surface area contributed by atoms with E-state index < -0.39 is 0 Å². The Bertz CT molecular complexity index is 354. The molecule has 0 aromatic carbocycles. The standard InChI is InChI=1S/C16H31N3O2/c1-5-13(6-2)19-10-12(9-14(19)20)15(21)18-16(7-3,8-4)11-17/h12-13H,5-11,17H2,1-4H3,(H,18,21). The van der Waals surface area contributed by atoms with Crippen molar-refractivity contribution in [1.29, 1.82) is 0 Å². The third-order valence-corrected chi connectivity index (χ3v) is 5.05. The number of amides is 2. The molecular weight excluding hydrogens is 266 g/mol. The van der Waals surface area contributed by atoms with E-state index in [0.29, 0.717) is 19.5 Å². The average Bonchev–Trinajstić information content (AvgIpc) is 2.88.